The van der Waals surface area contributed by atoms with E-state index < -0.39 is 0 Å². The van der Waals surface area contributed by atoms with E-state index in [1.54, 1.807) is 18.3 Å². The Labute approximate surface area is 170 Å². The molecule has 0 spiro atoms. The van der Waals surface area contributed by atoms with Crippen LogP contribution in [0.25, 0.3) is 6.08 Å². The molecular weight excluding hydrogens is 364 g/mol. The molecule has 1 aliphatic heterocycles. The number of aryl methyl sites for hydroxylation is 1. The minimum absolute atomic E-state index is 0.217. The Morgan fingerprint density at radius 2 is 1.86 bits per heavy atom. The molecule has 0 saturated carbocycles. The van der Waals surface area contributed by atoms with Gasteiger partial charge in [-0.3, -0.25) is 4.79 Å². The second kappa shape index (κ2) is 8.49. The first-order valence-electron chi connectivity index (χ1n) is 9.97. The molecule has 6 nitrogen and oxygen atoms in total. The number of morpholine rings is 1. The van der Waals surface area contributed by atoms with Crippen molar-refractivity contribution in [1.29, 1.82) is 0 Å². The van der Waals surface area contributed by atoms with Crippen LogP contribution in [0.4, 0.5) is 5.82 Å². The van der Waals surface area contributed by atoms with Gasteiger partial charge < -0.3 is 15.4 Å². The summed E-state index contributed by atoms with van der Waals surface area (Å²) in [6.45, 7) is 4.99. The van der Waals surface area contributed by atoms with E-state index in [0.29, 0.717) is 5.82 Å². The molecule has 4 rings (SSSR count). The second-order valence-corrected chi connectivity index (χ2v) is 7.41. The van der Waals surface area contributed by atoms with Gasteiger partial charge in [0, 0.05) is 24.9 Å². The normalized spacial score (nSPS) is 18.9. The van der Waals surface area contributed by atoms with Crippen molar-refractivity contribution in [2.24, 2.45) is 5.10 Å². The van der Waals surface area contributed by atoms with Gasteiger partial charge >= 0.3 is 0 Å². The van der Waals surface area contributed by atoms with E-state index in [-0.39, 0.29) is 5.56 Å². The molecule has 0 atom stereocenters. The number of pyridine rings is 1. The Hall–Kier alpha value is -3.12. The zero-order valence-corrected chi connectivity index (χ0v) is 16.7. The first kappa shape index (κ1) is 19.2. The molecule has 150 valence electrons. The topological polar surface area (TPSA) is 72.8 Å². The summed E-state index contributed by atoms with van der Waals surface area (Å²) in [5.74, 6) is 0.345. The fraction of sp³-hybridized carbons (Fsp3) is 0.304. The van der Waals surface area contributed by atoms with Gasteiger partial charge in [-0.2, -0.15) is 9.78 Å². The Kier molecular flexibility index (Phi) is 5.62. The quantitative estimate of drug-likeness (QED) is 0.815. The van der Waals surface area contributed by atoms with E-state index in [4.69, 9.17) is 10.5 Å². The molecule has 2 N–H and O–H groups in total. The molecule has 1 aromatic carbocycles. The predicted molar refractivity (Wildman–Crippen MR) is 117 cm³/mol. The highest BCUT2D eigenvalue weighted by molar-refractivity contribution is 5.83. The molecule has 2 aliphatic rings. The van der Waals surface area contributed by atoms with Crippen LogP contribution >= 0.6 is 0 Å². The maximum Gasteiger partial charge on any atom is 0.273 e. The third-order valence-corrected chi connectivity index (χ3v) is 5.25. The maximum absolute atomic E-state index is 12.3. The van der Waals surface area contributed by atoms with Crippen molar-refractivity contribution in [1.82, 2.24) is 9.58 Å². The highest BCUT2D eigenvalue weighted by Crippen LogP contribution is 2.35. The van der Waals surface area contributed by atoms with Gasteiger partial charge in [0.25, 0.3) is 5.56 Å². The number of allylic oxidation sites excluding steroid dienone is 2. The summed E-state index contributed by atoms with van der Waals surface area (Å²) in [4.78, 5) is 14.6. The average molecular weight is 390 g/mol. The third kappa shape index (κ3) is 4.32. The van der Waals surface area contributed by atoms with Crippen LogP contribution in [0.5, 0.6) is 0 Å². The Balaban J connectivity index is 1.72. The smallest absolute Gasteiger partial charge is 0.273 e. The molecule has 1 fully saturated rings. The van der Waals surface area contributed by atoms with Crippen molar-refractivity contribution < 1.29 is 4.74 Å². The van der Waals surface area contributed by atoms with Crippen molar-refractivity contribution in [3.63, 3.8) is 0 Å². The van der Waals surface area contributed by atoms with Crippen LogP contribution in [0, 0.1) is 6.92 Å². The van der Waals surface area contributed by atoms with Crippen molar-refractivity contribution >= 4 is 18.1 Å². The highest BCUT2D eigenvalue weighted by atomic mass is 16.5. The molecular formula is C23H26N4O2. The molecule has 29 heavy (non-hydrogen) atoms. The second-order valence-electron chi connectivity index (χ2n) is 7.41. The predicted octanol–water partition coefficient (Wildman–Crippen LogP) is 3.04. The van der Waals surface area contributed by atoms with Gasteiger partial charge in [-0.15, -0.1) is 0 Å². The molecule has 0 amide bonds. The van der Waals surface area contributed by atoms with Crippen LogP contribution in [-0.4, -0.2) is 42.1 Å². The summed E-state index contributed by atoms with van der Waals surface area (Å²) < 4.78 is 6.80. The summed E-state index contributed by atoms with van der Waals surface area (Å²) in [5, 5.41) is 4.43. The van der Waals surface area contributed by atoms with Gasteiger partial charge in [0.15, 0.2) is 0 Å². The van der Waals surface area contributed by atoms with E-state index in [9.17, 15) is 4.79 Å². The van der Waals surface area contributed by atoms with Gasteiger partial charge in [0.05, 0.1) is 19.4 Å². The first-order valence-corrected chi connectivity index (χ1v) is 9.97. The van der Waals surface area contributed by atoms with Crippen LogP contribution < -0.4 is 11.3 Å². The number of nitrogen functional groups attached to an aromatic ring is 1. The molecule has 0 bridgehead atoms. The first-order chi connectivity index (χ1) is 14.1. The summed E-state index contributed by atoms with van der Waals surface area (Å²) >= 11 is 0. The van der Waals surface area contributed by atoms with E-state index in [0.717, 1.165) is 50.3 Å². The van der Waals surface area contributed by atoms with Crippen LogP contribution in [-0.2, 0) is 4.74 Å². The van der Waals surface area contributed by atoms with Crippen molar-refractivity contribution in [2.45, 2.75) is 19.8 Å². The van der Waals surface area contributed by atoms with Crippen LogP contribution in [0.15, 0.2) is 69.2 Å². The number of aromatic nitrogens is 1. The largest absolute Gasteiger partial charge is 0.384 e. The fourth-order valence-corrected chi connectivity index (χ4v) is 3.89. The number of rotatable bonds is 4. The lowest BCUT2D eigenvalue weighted by Gasteiger charge is -2.31. The number of benzene rings is 1. The van der Waals surface area contributed by atoms with Gasteiger partial charge in [-0.1, -0.05) is 30.3 Å². The van der Waals surface area contributed by atoms with E-state index in [1.165, 1.54) is 21.5 Å². The van der Waals surface area contributed by atoms with E-state index in [2.05, 4.69) is 40.3 Å². The monoisotopic (exact) mass is 390 g/mol. The average Bonchev–Trinajstić information content (AvgIpc) is 3.11. The number of nitrogens with two attached hydrogens (primary N) is 1. The number of hydrogen-bond acceptors (Lipinski definition) is 5. The van der Waals surface area contributed by atoms with E-state index in [1.807, 2.05) is 13.0 Å². The van der Waals surface area contributed by atoms with Crippen molar-refractivity contribution in [3.8, 4) is 0 Å². The Morgan fingerprint density at radius 1 is 1.10 bits per heavy atom. The lowest BCUT2D eigenvalue weighted by molar-refractivity contribution is 0.0548. The lowest BCUT2D eigenvalue weighted by Crippen LogP contribution is -2.36. The molecule has 1 aliphatic carbocycles. The van der Waals surface area contributed by atoms with Gasteiger partial charge in [-0.25, -0.2) is 0 Å². The van der Waals surface area contributed by atoms with E-state index >= 15 is 0 Å². The number of ether oxygens (including phenoxy) is 1. The maximum atomic E-state index is 12.3. The van der Waals surface area contributed by atoms with Crippen molar-refractivity contribution in [3.05, 3.63) is 80.8 Å². The lowest BCUT2D eigenvalue weighted by atomic mass is 10.1. The molecule has 2 aromatic rings. The van der Waals surface area contributed by atoms with Gasteiger partial charge in [0.1, 0.15) is 5.82 Å². The summed E-state index contributed by atoms with van der Waals surface area (Å²) in [7, 11) is 0. The molecule has 6 heteroatoms. The molecule has 0 unspecified atom stereocenters. The third-order valence-electron chi connectivity index (χ3n) is 5.25. The minimum atomic E-state index is -0.217. The van der Waals surface area contributed by atoms with Crippen LogP contribution in [0.2, 0.25) is 0 Å². The molecule has 1 aromatic heterocycles. The number of nitrogens with zero attached hydrogens (tertiary/aromatic N) is 3. The Bertz CT molecular complexity index is 1030. The SMILES string of the molecule is Cc1cc(N)n(/N=C\C2=C(N3CCOCC3)C(=Cc3ccccc3)CC2)c(=O)c1. The fourth-order valence-electron chi connectivity index (χ4n) is 3.89. The minimum Gasteiger partial charge on any atom is -0.384 e. The van der Waals surface area contributed by atoms with Crippen LogP contribution in [0.3, 0.4) is 0 Å². The highest BCUT2D eigenvalue weighted by Gasteiger charge is 2.25. The number of anilines is 1. The zero-order valence-electron chi connectivity index (χ0n) is 16.7. The van der Waals surface area contributed by atoms with Gasteiger partial charge in [-0.05, 0) is 54.2 Å². The summed E-state index contributed by atoms with van der Waals surface area (Å²) in [6, 6.07) is 13.6. The molecule has 2 heterocycles. The van der Waals surface area contributed by atoms with Gasteiger partial charge in [0.2, 0.25) is 0 Å². The zero-order chi connectivity index (χ0) is 20.2. The molecule has 1 saturated heterocycles. The molecule has 0 radical (unpaired) electrons. The Morgan fingerprint density at radius 3 is 2.59 bits per heavy atom. The number of hydrogen-bond donors (Lipinski definition) is 1. The van der Waals surface area contributed by atoms with Crippen LogP contribution in [0.1, 0.15) is 24.0 Å². The summed E-state index contributed by atoms with van der Waals surface area (Å²) in [5.41, 5.74) is 11.4. The standard InChI is InChI=1S/C23H26N4O2/c1-17-13-21(24)27(22(28)14-17)25-16-20-8-7-19(15-18-5-3-2-4-6-18)23(20)26-9-11-29-12-10-26/h2-6,13-16H,7-12,24H2,1H3/b19-15?,25-16-. The summed E-state index contributed by atoms with van der Waals surface area (Å²) in [6.07, 6.45) is 5.87. The van der Waals surface area contributed by atoms with Crippen molar-refractivity contribution in [2.75, 3.05) is 32.0 Å².